The van der Waals surface area contributed by atoms with Crippen molar-refractivity contribution in [1.82, 2.24) is 14.7 Å². The second-order valence-electron chi connectivity index (χ2n) is 9.67. The van der Waals surface area contributed by atoms with Crippen LogP contribution in [-0.2, 0) is 11.2 Å². The maximum Gasteiger partial charge on any atom is 0.253 e. The van der Waals surface area contributed by atoms with Gasteiger partial charge in [0.2, 0.25) is 5.91 Å². The van der Waals surface area contributed by atoms with E-state index in [2.05, 4.69) is 28.9 Å². The van der Waals surface area contributed by atoms with Crippen LogP contribution in [0.5, 0.6) is 0 Å². The molecule has 3 heterocycles. The van der Waals surface area contributed by atoms with Gasteiger partial charge >= 0.3 is 0 Å². The monoisotopic (exact) mass is 425 g/mol. The van der Waals surface area contributed by atoms with Gasteiger partial charge in [0, 0.05) is 43.7 Å². The van der Waals surface area contributed by atoms with Crippen molar-refractivity contribution >= 4 is 11.8 Å². The van der Waals surface area contributed by atoms with Crippen LogP contribution in [-0.4, -0.2) is 71.8 Å². The normalized spacial score (nSPS) is 21.6. The lowest BCUT2D eigenvalue weighted by Crippen LogP contribution is -2.50. The summed E-state index contributed by atoms with van der Waals surface area (Å²) >= 11 is 0. The lowest BCUT2D eigenvalue weighted by atomic mass is 9.92. The first-order chi connectivity index (χ1) is 15.2. The van der Waals surface area contributed by atoms with Crippen molar-refractivity contribution in [3.8, 4) is 0 Å². The zero-order valence-corrected chi connectivity index (χ0v) is 19.2. The van der Waals surface area contributed by atoms with Gasteiger partial charge in [-0.15, -0.1) is 0 Å². The average Bonchev–Trinajstić information content (AvgIpc) is 3.37. The number of rotatable bonds is 6. The summed E-state index contributed by atoms with van der Waals surface area (Å²) in [5, 5.41) is 0. The Balaban J connectivity index is 1.21. The molecule has 0 aliphatic carbocycles. The minimum Gasteiger partial charge on any atom is -0.342 e. The van der Waals surface area contributed by atoms with E-state index in [4.69, 9.17) is 0 Å². The second-order valence-corrected chi connectivity index (χ2v) is 9.67. The van der Waals surface area contributed by atoms with E-state index in [1.165, 1.54) is 31.2 Å². The predicted molar refractivity (Wildman–Crippen MR) is 124 cm³/mol. The summed E-state index contributed by atoms with van der Waals surface area (Å²) in [7, 11) is 0. The maximum atomic E-state index is 12.9. The minimum atomic E-state index is 0.176. The third-order valence-corrected chi connectivity index (χ3v) is 7.58. The number of nitrogens with zero attached hydrogens (tertiary/aromatic N) is 3. The SMILES string of the molecule is CCCCc1ccc(C(=O)N2CCC(N3CCC(C(=O)N4CCCC4)CC3)CC2)cc1. The smallest absolute Gasteiger partial charge is 0.253 e. The van der Waals surface area contributed by atoms with E-state index in [0.717, 1.165) is 76.9 Å². The molecule has 2 amide bonds. The van der Waals surface area contributed by atoms with E-state index in [9.17, 15) is 9.59 Å². The van der Waals surface area contributed by atoms with Crippen molar-refractivity contribution in [1.29, 1.82) is 0 Å². The summed E-state index contributed by atoms with van der Waals surface area (Å²) < 4.78 is 0. The number of unbranched alkanes of at least 4 members (excludes halogenated alkanes) is 1. The van der Waals surface area contributed by atoms with Gasteiger partial charge in [0.1, 0.15) is 0 Å². The van der Waals surface area contributed by atoms with Crippen molar-refractivity contribution in [2.75, 3.05) is 39.3 Å². The first-order valence-electron chi connectivity index (χ1n) is 12.6. The molecule has 3 aliphatic rings. The molecule has 0 N–H and O–H groups in total. The van der Waals surface area contributed by atoms with Gasteiger partial charge in [0.25, 0.3) is 5.91 Å². The van der Waals surface area contributed by atoms with Crippen molar-refractivity contribution < 1.29 is 9.59 Å². The highest BCUT2D eigenvalue weighted by molar-refractivity contribution is 5.94. The van der Waals surface area contributed by atoms with Crippen LogP contribution in [0.15, 0.2) is 24.3 Å². The molecular weight excluding hydrogens is 386 g/mol. The molecule has 0 atom stereocenters. The van der Waals surface area contributed by atoms with Crippen LogP contribution >= 0.6 is 0 Å². The third-order valence-electron chi connectivity index (χ3n) is 7.58. The van der Waals surface area contributed by atoms with E-state index < -0.39 is 0 Å². The van der Waals surface area contributed by atoms with Crippen molar-refractivity contribution in [3.05, 3.63) is 35.4 Å². The second kappa shape index (κ2) is 10.6. The Labute approximate surface area is 187 Å². The fourth-order valence-electron chi connectivity index (χ4n) is 5.52. The summed E-state index contributed by atoms with van der Waals surface area (Å²) in [5.41, 5.74) is 2.14. The Morgan fingerprint density at radius 2 is 1.48 bits per heavy atom. The van der Waals surface area contributed by atoms with Gasteiger partial charge in [-0.05, 0) is 82.2 Å². The minimum absolute atomic E-state index is 0.176. The van der Waals surface area contributed by atoms with Crippen LogP contribution in [0.3, 0.4) is 0 Å². The molecule has 5 heteroatoms. The number of carbonyl (C=O) groups is 2. The highest BCUT2D eigenvalue weighted by atomic mass is 16.2. The fourth-order valence-corrected chi connectivity index (χ4v) is 5.52. The summed E-state index contributed by atoms with van der Waals surface area (Å²) in [6.07, 6.45) is 9.92. The molecule has 0 saturated carbocycles. The zero-order chi connectivity index (χ0) is 21.6. The standard InChI is InChI=1S/C26H39N3O2/c1-2-3-6-21-7-9-22(10-8-21)25(30)29-19-13-24(14-20-29)27-17-11-23(12-18-27)26(31)28-15-4-5-16-28/h7-10,23-24H,2-6,11-20H2,1H3. The Kier molecular flexibility index (Phi) is 7.65. The van der Waals surface area contributed by atoms with E-state index in [1.54, 1.807) is 0 Å². The van der Waals surface area contributed by atoms with Gasteiger partial charge in [-0.25, -0.2) is 0 Å². The fraction of sp³-hybridized carbons (Fsp3) is 0.692. The average molecular weight is 426 g/mol. The van der Waals surface area contributed by atoms with Crippen LogP contribution in [0.25, 0.3) is 0 Å². The van der Waals surface area contributed by atoms with Gasteiger partial charge in [-0.2, -0.15) is 0 Å². The van der Waals surface area contributed by atoms with Crippen LogP contribution in [0.1, 0.15) is 74.2 Å². The van der Waals surface area contributed by atoms with Crippen molar-refractivity contribution in [2.24, 2.45) is 5.92 Å². The number of piperidine rings is 2. The lowest BCUT2D eigenvalue weighted by Gasteiger charge is -2.42. The lowest BCUT2D eigenvalue weighted by molar-refractivity contribution is -0.136. The molecule has 5 nitrogen and oxygen atoms in total. The Morgan fingerprint density at radius 3 is 2.10 bits per heavy atom. The molecule has 0 bridgehead atoms. The highest BCUT2D eigenvalue weighted by Crippen LogP contribution is 2.26. The van der Waals surface area contributed by atoms with Crippen molar-refractivity contribution in [3.63, 3.8) is 0 Å². The molecule has 31 heavy (non-hydrogen) atoms. The molecule has 0 radical (unpaired) electrons. The largest absolute Gasteiger partial charge is 0.342 e. The first-order valence-corrected chi connectivity index (χ1v) is 12.6. The maximum absolute atomic E-state index is 12.9. The summed E-state index contributed by atoms with van der Waals surface area (Å²) in [6, 6.07) is 8.79. The number of carbonyl (C=O) groups excluding carboxylic acids is 2. The highest BCUT2D eigenvalue weighted by Gasteiger charge is 2.33. The Bertz CT molecular complexity index is 726. The van der Waals surface area contributed by atoms with E-state index in [-0.39, 0.29) is 11.8 Å². The van der Waals surface area contributed by atoms with Crippen molar-refractivity contribution in [2.45, 2.75) is 70.8 Å². The molecule has 3 fully saturated rings. The molecule has 0 spiro atoms. The van der Waals surface area contributed by atoms with Crippen LogP contribution in [0.4, 0.5) is 0 Å². The number of hydrogen-bond donors (Lipinski definition) is 0. The number of benzene rings is 1. The van der Waals surface area contributed by atoms with Gasteiger partial charge in [-0.1, -0.05) is 25.5 Å². The van der Waals surface area contributed by atoms with Gasteiger partial charge in [0.15, 0.2) is 0 Å². The molecule has 3 aliphatic heterocycles. The van der Waals surface area contributed by atoms with E-state index in [1.807, 2.05) is 17.0 Å². The topological polar surface area (TPSA) is 43.9 Å². The summed E-state index contributed by atoms with van der Waals surface area (Å²) in [4.78, 5) is 32.3. The zero-order valence-electron chi connectivity index (χ0n) is 19.2. The summed E-state index contributed by atoms with van der Waals surface area (Å²) in [5.74, 6) is 0.810. The Morgan fingerprint density at radius 1 is 0.839 bits per heavy atom. The molecular formula is C26H39N3O2. The van der Waals surface area contributed by atoms with E-state index >= 15 is 0 Å². The molecule has 0 unspecified atom stereocenters. The molecule has 1 aromatic rings. The Hall–Kier alpha value is -1.88. The third kappa shape index (κ3) is 5.49. The molecule has 1 aromatic carbocycles. The number of amides is 2. The number of aryl methyl sites for hydroxylation is 1. The van der Waals surface area contributed by atoms with Gasteiger partial charge in [0.05, 0.1) is 0 Å². The molecule has 170 valence electrons. The number of likely N-dealkylation sites (tertiary alicyclic amines) is 3. The van der Waals surface area contributed by atoms with Crippen LogP contribution in [0, 0.1) is 5.92 Å². The van der Waals surface area contributed by atoms with E-state index in [0.29, 0.717) is 11.9 Å². The molecule has 3 saturated heterocycles. The number of hydrogen-bond acceptors (Lipinski definition) is 3. The predicted octanol–water partition coefficient (Wildman–Crippen LogP) is 3.97. The summed E-state index contributed by atoms with van der Waals surface area (Å²) in [6.45, 7) is 7.88. The van der Waals surface area contributed by atoms with Gasteiger partial charge < -0.3 is 14.7 Å². The van der Waals surface area contributed by atoms with Gasteiger partial charge in [-0.3, -0.25) is 9.59 Å². The first kappa shape index (κ1) is 22.3. The molecule has 0 aromatic heterocycles. The van der Waals surface area contributed by atoms with Crippen LogP contribution in [0.2, 0.25) is 0 Å². The molecule has 4 rings (SSSR count). The quantitative estimate of drug-likeness (QED) is 0.693. The van der Waals surface area contributed by atoms with Crippen LogP contribution < -0.4 is 0 Å².